The van der Waals surface area contributed by atoms with Crippen LogP contribution in [0.5, 0.6) is 0 Å². The third-order valence-corrected chi connectivity index (χ3v) is 5.61. The molecule has 0 spiro atoms. The van der Waals surface area contributed by atoms with Gasteiger partial charge in [0, 0.05) is 16.6 Å². The molecule has 4 aromatic rings. The first-order chi connectivity index (χ1) is 13.7. The standard InChI is InChI=1S/C24H21N3O/c25-24(28)21-14-19-18-8-4-5-9-20(18)26-23(19)22(27-21)17-12-10-16(11-13-17)15-6-2-1-3-7-15/h1-13,21-22,26-27H,14H2,(H2,25,28)/t21-,22+/m1/s1. The second kappa shape index (κ2) is 6.66. The third kappa shape index (κ3) is 2.79. The largest absolute Gasteiger partial charge is 0.368 e. The number of rotatable bonds is 3. The van der Waals surface area contributed by atoms with Crippen molar-refractivity contribution in [2.24, 2.45) is 5.73 Å². The Kier molecular flexibility index (Phi) is 3.99. The van der Waals surface area contributed by atoms with Crippen LogP contribution >= 0.6 is 0 Å². The van der Waals surface area contributed by atoms with Gasteiger partial charge >= 0.3 is 0 Å². The first-order valence-electron chi connectivity index (χ1n) is 9.51. The molecule has 0 radical (unpaired) electrons. The first kappa shape index (κ1) is 16.8. The minimum Gasteiger partial charge on any atom is -0.368 e. The van der Waals surface area contributed by atoms with Crippen molar-refractivity contribution in [3.05, 3.63) is 95.7 Å². The van der Waals surface area contributed by atoms with Crippen LogP contribution in [0.2, 0.25) is 0 Å². The van der Waals surface area contributed by atoms with Crippen LogP contribution < -0.4 is 11.1 Å². The Balaban J connectivity index is 1.58. The molecule has 0 aliphatic carbocycles. The molecule has 1 aliphatic rings. The summed E-state index contributed by atoms with van der Waals surface area (Å²) in [5.41, 5.74) is 12.5. The normalized spacial score (nSPS) is 18.7. The quantitative estimate of drug-likeness (QED) is 0.513. The van der Waals surface area contributed by atoms with Gasteiger partial charge in [-0.05, 0) is 34.7 Å². The molecule has 28 heavy (non-hydrogen) atoms. The Morgan fingerprint density at radius 1 is 0.857 bits per heavy atom. The molecule has 138 valence electrons. The molecule has 1 amide bonds. The summed E-state index contributed by atoms with van der Waals surface area (Å²) in [5.74, 6) is -0.318. The van der Waals surface area contributed by atoms with Gasteiger partial charge in [0.05, 0.1) is 12.1 Å². The number of H-pyrrole nitrogens is 1. The summed E-state index contributed by atoms with van der Waals surface area (Å²) in [6, 6.07) is 26.6. The lowest BCUT2D eigenvalue weighted by Crippen LogP contribution is -2.48. The van der Waals surface area contributed by atoms with Gasteiger partial charge in [-0.3, -0.25) is 10.1 Å². The van der Waals surface area contributed by atoms with E-state index in [9.17, 15) is 4.79 Å². The average Bonchev–Trinajstić information content (AvgIpc) is 3.12. The highest BCUT2D eigenvalue weighted by Crippen LogP contribution is 2.35. The number of aromatic nitrogens is 1. The Labute approximate surface area is 163 Å². The summed E-state index contributed by atoms with van der Waals surface area (Å²) in [7, 11) is 0. The van der Waals surface area contributed by atoms with E-state index >= 15 is 0 Å². The Morgan fingerprint density at radius 2 is 1.54 bits per heavy atom. The van der Waals surface area contributed by atoms with Crippen LogP contribution in [-0.2, 0) is 11.2 Å². The van der Waals surface area contributed by atoms with E-state index in [0.29, 0.717) is 6.42 Å². The maximum Gasteiger partial charge on any atom is 0.234 e. The summed E-state index contributed by atoms with van der Waals surface area (Å²) in [4.78, 5) is 15.5. The lowest BCUT2D eigenvalue weighted by atomic mass is 9.89. The van der Waals surface area contributed by atoms with E-state index in [-0.39, 0.29) is 18.0 Å². The van der Waals surface area contributed by atoms with E-state index in [1.807, 2.05) is 30.3 Å². The van der Waals surface area contributed by atoms with Crippen LogP contribution in [0.1, 0.15) is 22.9 Å². The Bertz CT molecular complexity index is 1150. The van der Waals surface area contributed by atoms with E-state index in [0.717, 1.165) is 22.2 Å². The molecule has 4 N–H and O–H groups in total. The zero-order valence-corrected chi connectivity index (χ0v) is 15.4. The molecule has 0 saturated carbocycles. The van der Waals surface area contributed by atoms with Crippen LogP contribution in [-0.4, -0.2) is 16.9 Å². The number of benzene rings is 3. The number of hydrogen-bond acceptors (Lipinski definition) is 2. The fourth-order valence-corrected chi connectivity index (χ4v) is 4.18. The zero-order chi connectivity index (χ0) is 19.1. The van der Waals surface area contributed by atoms with Crippen LogP contribution in [0.15, 0.2) is 78.9 Å². The molecule has 2 atom stereocenters. The fraction of sp³-hybridized carbons (Fsp3) is 0.125. The second-order valence-electron chi connectivity index (χ2n) is 7.31. The number of amides is 1. The highest BCUT2D eigenvalue weighted by Gasteiger charge is 2.32. The molecule has 1 aliphatic heterocycles. The SMILES string of the molecule is NC(=O)[C@H]1Cc2c([nH]c3ccccc23)[C@H](c2ccc(-c3ccccc3)cc2)N1. The number of fused-ring (bicyclic) bond motifs is 3. The lowest BCUT2D eigenvalue weighted by Gasteiger charge is -2.30. The van der Waals surface area contributed by atoms with Crippen molar-refractivity contribution >= 4 is 16.8 Å². The van der Waals surface area contributed by atoms with Crippen LogP contribution in [0.4, 0.5) is 0 Å². The van der Waals surface area contributed by atoms with Gasteiger partial charge in [0.25, 0.3) is 0 Å². The maximum absolute atomic E-state index is 12.0. The molecule has 4 nitrogen and oxygen atoms in total. The summed E-state index contributed by atoms with van der Waals surface area (Å²) < 4.78 is 0. The van der Waals surface area contributed by atoms with Gasteiger partial charge in [0.15, 0.2) is 0 Å². The molecule has 0 fully saturated rings. The van der Waals surface area contributed by atoms with E-state index in [2.05, 4.69) is 58.8 Å². The number of nitrogens with one attached hydrogen (secondary N) is 2. The van der Waals surface area contributed by atoms with Crippen molar-refractivity contribution in [1.29, 1.82) is 0 Å². The molecule has 0 saturated heterocycles. The number of hydrogen-bond donors (Lipinski definition) is 3. The summed E-state index contributed by atoms with van der Waals surface area (Å²) in [5, 5.41) is 4.60. The van der Waals surface area contributed by atoms with Crippen molar-refractivity contribution in [3.8, 4) is 11.1 Å². The van der Waals surface area contributed by atoms with Crippen LogP contribution in [0, 0.1) is 0 Å². The molecule has 5 rings (SSSR count). The molecule has 0 unspecified atom stereocenters. The maximum atomic E-state index is 12.0. The predicted octanol–water partition coefficient (Wildman–Crippen LogP) is 3.92. The van der Waals surface area contributed by atoms with Crippen LogP contribution in [0.3, 0.4) is 0 Å². The van der Waals surface area contributed by atoms with Gasteiger partial charge in [-0.1, -0.05) is 72.8 Å². The molecular formula is C24H21N3O. The zero-order valence-electron chi connectivity index (χ0n) is 15.4. The van der Waals surface area contributed by atoms with Crippen molar-refractivity contribution < 1.29 is 4.79 Å². The minimum absolute atomic E-state index is 0.0986. The summed E-state index contributed by atoms with van der Waals surface area (Å²) in [6.07, 6.45) is 0.604. The Morgan fingerprint density at radius 3 is 2.29 bits per heavy atom. The van der Waals surface area contributed by atoms with Gasteiger partial charge in [0.2, 0.25) is 5.91 Å². The molecule has 1 aromatic heterocycles. The summed E-state index contributed by atoms with van der Waals surface area (Å²) >= 11 is 0. The van der Waals surface area contributed by atoms with Crippen molar-refractivity contribution in [3.63, 3.8) is 0 Å². The smallest absolute Gasteiger partial charge is 0.234 e. The van der Waals surface area contributed by atoms with Gasteiger partial charge in [-0.25, -0.2) is 0 Å². The van der Waals surface area contributed by atoms with Gasteiger partial charge in [-0.2, -0.15) is 0 Å². The number of primary amides is 1. The average molecular weight is 367 g/mol. The number of carbonyl (C=O) groups is 1. The molecular weight excluding hydrogens is 346 g/mol. The fourth-order valence-electron chi connectivity index (χ4n) is 4.18. The monoisotopic (exact) mass is 367 g/mol. The lowest BCUT2D eigenvalue weighted by molar-refractivity contribution is -0.120. The van der Waals surface area contributed by atoms with E-state index in [4.69, 9.17) is 5.73 Å². The van der Waals surface area contributed by atoms with Gasteiger partial charge in [0.1, 0.15) is 0 Å². The third-order valence-electron chi connectivity index (χ3n) is 5.61. The Hall–Kier alpha value is -3.37. The number of carbonyl (C=O) groups excluding carboxylic acids is 1. The van der Waals surface area contributed by atoms with Crippen molar-refractivity contribution in [2.75, 3.05) is 0 Å². The summed E-state index contributed by atoms with van der Waals surface area (Å²) in [6.45, 7) is 0. The highest BCUT2D eigenvalue weighted by atomic mass is 16.1. The van der Waals surface area contributed by atoms with Gasteiger partial charge < -0.3 is 10.7 Å². The molecule has 2 heterocycles. The number of aromatic amines is 1. The predicted molar refractivity (Wildman–Crippen MR) is 112 cm³/mol. The topological polar surface area (TPSA) is 70.9 Å². The van der Waals surface area contributed by atoms with Gasteiger partial charge in [-0.15, -0.1) is 0 Å². The first-order valence-corrected chi connectivity index (χ1v) is 9.51. The van der Waals surface area contributed by atoms with Crippen LogP contribution in [0.25, 0.3) is 22.0 Å². The number of para-hydroxylation sites is 1. The molecule has 4 heteroatoms. The molecule has 3 aromatic carbocycles. The second-order valence-corrected chi connectivity index (χ2v) is 7.31. The van der Waals surface area contributed by atoms with Crippen molar-refractivity contribution in [2.45, 2.75) is 18.5 Å². The van der Waals surface area contributed by atoms with E-state index in [1.54, 1.807) is 0 Å². The van der Waals surface area contributed by atoms with Crippen molar-refractivity contribution in [1.82, 2.24) is 10.3 Å². The van der Waals surface area contributed by atoms with E-state index < -0.39 is 0 Å². The van der Waals surface area contributed by atoms with E-state index in [1.165, 1.54) is 16.7 Å². The minimum atomic E-state index is -0.384. The highest BCUT2D eigenvalue weighted by molar-refractivity contribution is 5.88. The number of nitrogens with two attached hydrogens (primary N) is 1. The molecule has 0 bridgehead atoms.